The van der Waals surface area contributed by atoms with Crippen LogP contribution in [0.4, 0.5) is 0 Å². The molecule has 1 atom stereocenters. The minimum Gasteiger partial charge on any atom is -0.357 e. The molecule has 0 saturated carbocycles. The van der Waals surface area contributed by atoms with Gasteiger partial charge in [-0.05, 0) is 43.2 Å². The molecule has 0 bridgehead atoms. The standard InChI is InChI=1S/C22H28ClN3O4S/c1-5-20(22(28)24-3)26(14-17-8-6-7-16(2)13-17)21(27)15-25(4)31(29,30)19-11-9-18(23)10-12-19/h6-13,20H,5,14-15H2,1-4H3,(H,24,28). The van der Waals surface area contributed by atoms with Gasteiger partial charge in [0.25, 0.3) is 0 Å². The number of benzene rings is 2. The van der Waals surface area contributed by atoms with E-state index in [9.17, 15) is 18.0 Å². The lowest BCUT2D eigenvalue weighted by molar-refractivity contribution is -0.141. The van der Waals surface area contributed by atoms with Crippen LogP contribution in [0, 0.1) is 6.92 Å². The third kappa shape index (κ3) is 6.29. The number of hydrogen-bond donors (Lipinski definition) is 1. The molecule has 0 aliphatic rings. The number of amides is 2. The van der Waals surface area contributed by atoms with Crippen LogP contribution in [0.2, 0.25) is 5.02 Å². The first-order valence-electron chi connectivity index (χ1n) is 9.88. The van der Waals surface area contributed by atoms with Crippen LogP contribution >= 0.6 is 11.6 Å². The predicted octanol–water partition coefficient (Wildman–Crippen LogP) is 2.82. The van der Waals surface area contributed by atoms with E-state index in [-0.39, 0.29) is 17.3 Å². The molecule has 2 rings (SSSR count). The zero-order valence-corrected chi connectivity index (χ0v) is 19.7. The van der Waals surface area contributed by atoms with Crippen molar-refractivity contribution in [3.63, 3.8) is 0 Å². The normalized spacial score (nSPS) is 12.5. The van der Waals surface area contributed by atoms with E-state index in [1.807, 2.05) is 38.1 Å². The lowest BCUT2D eigenvalue weighted by atomic mass is 10.1. The van der Waals surface area contributed by atoms with Crippen molar-refractivity contribution < 1.29 is 18.0 Å². The summed E-state index contributed by atoms with van der Waals surface area (Å²) < 4.78 is 26.7. The fourth-order valence-corrected chi connectivity index (χ4v) is 4.49. The molecule has 1 unspecified atom stereocenters. The highest BCUT2D eigenvalue weighted by molar-refractivity contribution is 7.89. The van der Waals surface area contributed by atoms with Crippen LogP contribution in [-0.4, -0.2) is 56.1 Å². The highest BCUT2D eigenvalue weighted by Gasteiger charge is 2.31. The first-order valence-corrected chi connectivity index (χ1v) is 11.7. The van der Waals surface area contributed by atoms with Gasteiger partial charge in [-0.25, -0.2) is 8.42 Å². The number of nitrogens with zero attached hydrogens (tertiary/aromatic N) is 2. The van der Waals surface area contributed by atoms with Gasteiger partial charge in [-0.15, -0.1) is 0 Å². The second kappa shape index (κ2) is 10.7. The highest BCUT2D eigenvalue weighted by atomic mass is 35.5. The van der Waals surface area contributed by atoms with Gasteiger partial charge in [-0.3, -0.25) is 9.59 Å². The van der Waals surface area contributed by atoms with Gasteiger partial charge in [-0.2, -0.15) is 4.31 Å². The molecule has 31 heavy (non-hydrogen) atoms. The van der Waals surface area contributed by atoms with Gasteiger partial charge in [0.05, 0.1) is 11.4 Å². The lowest BCUT2D eigenvalue weighted by Crippen LogP contribution is -2.51. The molecule has 0 aliphatic carbocycles. The van der Waals surface area contributed by atoms with Gasteiger partial charge in [0.2, 0.25) is 21.8 Å². The first-order chi connectivity index (χ1) is 14.6. The maximum atomic E-state index is 13.2. The topological polar surface area (TPSA) is 86.8 Å². The molecule has 0 spiro atoms. The number of aryl methyl sites for hydroxylation is 1. The number of carbonyl (C=O) groups is 2. The number of sulfonamides is 1. The summed E-state index contributed by atoms with van der Waals surface area (Å²) in [6.07, 6.45) is 0.394. The molecular formula is C22H28ClN3O4S. The van der Waals surface area contributed by atoms with E-state index in [0.717, 1.165) is 15.4 Å². The van der Waals surface area contributed by atoms with Crippen molar-refractivity contribution in [1.29, 1.82) is 0 Å². The molecule has 0 aliphatic heterocycles. The van der Waals surface area contributed by atoms with E-state index in [1.54, 1.807) is 0 Å². The number of likely N-dealkylation sites (N-methyl/N-ethyl adjacent to an activating group) is 2. The Morgan fingerprint density at radius 3 is 2.32 bits per heavy atom. The van der Waals surface area contributed by atoms with Crippen molar-refractivity contribution in [3.05, 3.63) is 64.7 Å². The molecule has 7 nitrogen and oxygen atoms in total. The Labute approximate surface area is 189 Å². The monoisotopic (exact) mass is 465 g/mol. The minimum atomic E-state index is -3.90. The third-order valence-corrected chi connectivity index (χ3v) is 7.02. The maximum Gasteiger partial charge on any atom is 0.243 e. The second-order valence-electron chi connectivity index (χ2n) is 7.26. The molecule has 1 N–H and O–H groups in total. The SMILES string of the molecule is CCC(C(=O)NC)N(Cc1cccc(C)c1)C(=O)CN(C)S(=O)(=O)c1ccc(Cl)cc1. The van der Waals surface area contributed by atoms with Crippen LogP contribution in [0.1, 0.15) is 24.5 Å². The Bertz CT molecular complexity index is 1030. The van der Waals surface area contributed by atoms with Gasteiger partial charge < -0.3 is 10.2 Å². The summed E-state index contributed by atoms with van der Waals surface area (Å²) in [6.45, 7) is 3.55. The van der Waals surface area contributed by atoms with Crippen LogP contribution in [0.5, 0.6) is 0 Å². The molecule has 2 aromatic carbocycles. The Hall–Kier alpha value is -2.42. The Morgan fingerprint density at radius 2 is 1.77 bits per heavy atom. The lowest BCUT2D eigenvalue weighted by Gasteiger charge is -2.31. The molecule has 0 heterocycles. The summed E-state index contributed by atoms with van der Waals surface area (Å²) in [4.78, 5) is 27.1. The molecule has 2 amide bonds. The summed E-state index contributed by atoms with van der Waals surface area (Å²) in [7, 11) is -1.04. The van der Waals surface area contributed by atoms with Crippen molar-refractivity contribution >= 4 is 33.4 Å². The molecule has 0 aromatic heterocycles. The van der Waals surface area contributed by atoms with E-state index in [1.165, 1.54) is 43.3 Å². The van der Waals surface area contributed by atoms with Crippen molar-refractivity contribution in [2.45, 2.75) is 37.8 Å². The van der Waals surface area contributed by atoms with E-state index >= 15 is 0 Å². The fraction of sp³-hybridized carbons (Fsp3) is 0.364. The minimum absolute atomic E-state index is 0.0378. The van der Waals surface area contributed by atoms with Gasteiger partial charge in [0.1, 0.15) is 6.04 Å². The average Bonchev–Trinajstić information content (AvgIpc) is 2.73. The molecule has 0 fully saturated rings. The summed E-state index contributed by atoms with van der Waals surface area (Å²) in [5, 5.41) is 3.00. The van der Waals surface area contributed by atoms with E-state index < -0.39 is 28.5 Å². The highest BCUT2D eigenvalue weighted by Crippen LogP contribution is 2.19. The number of hydrogen-bond acceptors (Lipinski definition) is 4. The third-order valence-electron chi connectivity index (χ3n) is 4.95. The molecule has 0 saturated heterocycles. The second-order valence-corrected chi connectivity index (χ2v) is 9.75. The summed E-state index contributed by atoms with van der Waals surface area (Å²) in [5.41, 5.74) is 1.89. The van der Waals surface area contributed by atoms with Crippen molar-refractivity contribution in [1.82, 2.24) is 14.5 Å². The molecule has 2 aromatic rings. The van der Waals surface area contributed by atoms with Crippen molar-refractivity contribution in [2.24, 2.45) is 0 Å². The van der Waals surface area contributed by atoms with Crippen LogP contribution in [0.15, 0.2) is 53.4 Å². The van der Waals surface area contributed by atoms with Gasteiger partial charge in [0, 0.05) is 25.7 Å². The predicted molar refractivity (Wildman–Crippen MR) is 121 cm³/mol. The fourth-order valence-electron chi connectivity index (χ4n) is 3.25. The number of nitrogens with one attached hydrogen (secondary N) is 1. The van der Waals surface area contributed by atoms with Gasteiger partial charge in [0.15, 0.2) is 0 Å². The average molecular weight is 466 g/mol. The van der Waals surface area contributed by atoms with Crippen LogP contribution < -0.4 is 5.32 Å². The van der Waals surface area contributed by atoms with Gasteiger partial charge in [-0.1, -0.05) is 48.4 Å². The van der Waals surface area contributed by atoms with E-state index in [4.69, 9.17) is 11.6 Å². The Kier molecular flexibility index (Phi) is 8.61. The summed E-state index contributed by atoms with van der Waals surface area (Å²) in [5.74, 6) is -0.760. The Balaban J connectivity index is 2.30. The van der Waals surface area contributed by atoms with Crippen LogP contribution in [0.3, 0.4) is 0 Å². The van der Waals surface area contributed by atoms with Crippen molar-refractivity contribution in [3.8, 4) is 0 Å². The van der Waals surface area contributed by atoms with Crippen LogP contribution in [-0.2, 0) is 26.2 Å². The zero-order valence-electron chi connectivity index (χ0n) is 18.1. The summed E-state index contributed by atoms with van der Waals surface area (Å²) >= 11 is 5.84. The number of halogens is 1. The molecule has 168 valence electrons. The molecule has 9 heteroatoms. The molecular weight excluding hydrogens is 438 g/mol. The van der Waals surface area contributed by atoms with E-state index in [0.29, 0.717) is 11.4 Å². The Morgan fingerprint density at radius 1 is 1.13 bits per heavy atom. The largest absolute Gasteiger partial charge is 0.357 e. The van der Waals surface area contributed by atoms with Gasteiger partial charge >= 0.3 is 0 Å². The number of carbonyl (C=O) groups excluding carboxylic acids is 2. The summed E-state index contributed by atoms with van der Waals surface area (Å²) in [6, 6.07) is 12.7. The van der Waals surface area contributed by atoms with Crippen LogP contribution in [0.25, 0.3) is 0 Å². The first kappa shape index (κ1) is 24.8. The maximum absolute atomic E-state index is 13.2. The van der Waals surface area contributed by atoms with Crippen molar-refractivity contribution in [2.75, 3.05) is 20.6 Å². The van der Waals surface area contributed by atoms with E-state index in [2.05, 4.69) is 5.32 Å². The zero-order chi connectivity index (χ0) is 23.2. The molecule has 0 radical (unpaired) electrons. The smallest absolute Gasteiger partial charge is 0.243 e. The number of rotatable bonds is 9. The quantitative estimate of drug-likeness (QED) is 0.617.